The molecule has 0 saturated heterocycles. The van der Waals surface area contributed by atoms with Crippen LogP contribution in [0, 0.1) is 0 Å². The van der Waals surface area contributed by atoms with E-state index in [1.165, 1.54) is 19.1 Å². The van der Waals surface area contributed by atoms with Gasteiger partial charge in [-0.1, -0.05) is 12.2 Å². The molecule has 1 aromatic rings. The number of hydrogen-bond donors (Lipinski definition) is 3. The summed E-state index contributed by atoms with van der Waals surface area (Å²) < 4.78 is 0. The van der Waals surface area contributed by atoms with Crippen LogP contribution in [-0.2, 0) is 16.0 Å². The lowest BCUT2D eigenvalue weighted by Crippen LogP contribution is -2.50. The van der Waals surface area contributed by atoms with E-state index in [-0.39, 0.29) is 36.2 Å². The Kier molecular flexibility index (Phi) is 4.89. The third kappa shape index (κ3) is 3.44. The maximum Gasteiger partial charge on any atom is 0.326 e. The van der Waals surface area contributed by atoms with Gasteiger partial charge in [0.15, 0.2) is 11.5 Å². The molecule has 0 amide bonds. The number of phenols is 2. The first kappa shape index (κ1) is 17.2. The number of ketones is 1. The Balaban J connectivity index is 2.39. The van der Waals surface area contributed by atoms with E-state index in [0.29, 0.717) is 17.0 Å². The van der Waals surface area contributed by atoms with E-state index in [9.17, 15) is 24.9 Å². The van der Waals surface area contributed by atoms with Crippen LogP contribution < -0.4 is 0 Å². The molecule has 124 valence electrons. The summed E-state index contributed by atoms with van der Waals surface area (Å²) in [5.41, 5.74) is 1.40. The monoisotopic (exact) mass is 337 g/mol. The quantitative estimate of drug-likeness (QED) is 0.572. The van der Waals surface area contributed by atoms with Crippen LogP contribution in [0.1, 0.15) is 43.9 Å². The predicted molar refractivity (Wildman–Crippen MR) is 87.7 cm³/mol. The molecule has 1 aliphatic heterocycles. The van der Waals surface area contributed by atoms with Crippen molar-refractivity contribution in [3.8, 4) is 11.5 Å². The first-order valence-corrected chi connectivity index (χ1v) is 7.71. The number of aromatic hydroxyl groups is 2. The molecule has 23 heavy (non-hydrogen) atoms. The number of Topliss-reactive ketones (excluding diaryl/α,β-unsaturated/α-hetero) is 1. The highest BCUT2D eigenvalue weighted by Crippen LogP contribution is 2.39. The molecule has 0 spiro atoms. The van der Waals surface area contributed by atoms with Gasteiger partial charge in [-0.3, -0.25) is 0 Å². The van der Waals surface area contributed by atoms with Crippen molar-refractivity contribution in [2.45, 2.75) is 45.2 Å². The Morgan fingerprint density at radius 3 is 2.43 bits per heavy atom. The normalized spacial score (nSPS) is 20.0. The number of thiocarbonyl (C=S) groups is 1. The summed E-state index contributed by atoms with van der Waals surface area (Å²) in [6.45, 7) is 3.26. The largest absolute Gasteiger partial charge is 0.504 e. The summed E-state index contributed by atoms with van der Waals surface area (Å²) in [4.78, 5) is 24.8. The summed E-state index contributed by atoms with van der Waals surface area (Å²) in [5, 5.41) is 28.9. The maximum atomic E-state index is 11.6. The summed E-state index contributed by atoms with van der Waals surface area (Å²) in [7, 11) is 0. The minimum atomic E-state index is -1.01. The van der Waals surface area contributed by atoms with E-state index in [1.54, 1.807) is 11.8 Å². The SMILES string of the molecule is CC(=O)CCC(=S)N1[C@H](C(=O)O)Cc2cc(O)c(O)cc2[C@@H]1C. The smallest absolute Gasteiger partial charge is 0.326 e. The highest BCUT2D eigenvalue weighted by atomic mass is 32.1. The first-order chi connectivity index (χ1) is 10.7. The van der Waals surface area contributed by atoms with E-state index in [4.69, 9.17) is 12.2 Å². The van der Waals surface area contributed by atoms with E-state index in [2.05, 4.69) is 0 Å². The fourth-order valence-electron chi connectivity index (χ4n) is 2.94. The molecule has 0 fully saturated rings. The molecule has 0 bridgehead atoms. The lowest BCUT2D eigenvalue weighted by Gasteiger charge is -2.41. The van der Waals surface area contributed by atoms with Crippen molar-refractivity contribution in [3.05, 3.63) is 23.3 Å². The molecule has 6 nitrogen and oxygen atoms in total. The molecule has 0 aliphatic carbocycles. The van der Waals surface area contributed by atoms with Crippen LogP contribution >= 0.6 is 12.2 Å². The van der Waals surface area contributed by atoms with Crippen molar-refractivity contribution in [2.24, 2.45) is 0 Å². The fourth-order valence-corrected chi connectivity index (χ4v) is 3.32. The van der Waals surface area contributed by atoms with Gasteiger partial charge in [0.05, 0.1) is 11.0 Å². The van der Waals surface area contributed by atoms with Gasteiger partial charge in [-0.15, -0.1) is 0 Å². The van der Waals surface area contributed by atoms with Gasteiger partial charge in [0.25, 0.3) is 0 Å². The predicted octanol–water partition coefficient (Wildman–Crippen LogP) is 2.17. The zero-order chi connectivity index (χ0) is 17.3. The lowest BCUT2D eigenvalue weighted by molar-refractivity contribution is -0.142. The van der Waals surface area contributed by atoms with Gasteiger partial charge >= 0.3 is 5.97 Å². The van der Waals surface area contributed by atoms with Crippen molar-refractivity contribution in [2.75, 3.05) is 0 Å². The third-order valence-corrected chi connectivity index (χ3v) is 4.53. The Morgan fingerprint density at radius 1 is 1.26 bits per heavy atom. The summed E-state index contributed by atoms with van der Waals surface area (Å²) in [5.74, 6) is -1.54. The molecule has 1 aromatic carbocycles. The minimum absolute atomic E-state index is 0.00754. The van der Waals surface area contributed by atoms with Gasteiger partial charge in [-0.2, -0.15) is 0 Å². The molecular weight excluding hydrogens is 318 g/mol. The second-order valence-electron chi connectivity index (χ2n) is 5.78. The van der Waals surface area contributed by atoms with E-state index in [1.807, 2.05) is 0 Å². The second kappa shape index (κ2) is 6.54. The second-order valence-corrected chi connectivity index (χ2v) is 6.25. The number of aliphatic carboxylic acids is 1. The van der Waals surface area contributed by atoms with Crippen LogP contribution in [0.3, 0.4) is 0 Å². The maximum absolute atomic E-state index is 11.6. The van der Waals surface area contributed by atoms with Gasteiger partial charge in [0.1, 0.15) is 11.8 Å². The van der Waals surface area contributed by atoms with Crippen molar-refractivity contribution in [3.63, 3.8) is 0 Å². The fraction of sp³-hybridized carbons (Fsp3) is 0.438. The van der Waals surface area contributed by atoms with E-state index >= 15 is 0 Å². The number of carboxylic acid groups (broad SMARTS) is 1. The third-order valence-electron chi connectivity index (χ3n) is 4.12. The number of carbonyl (C=O) groups is 2. The molecule has 0 aromatic heterocycles. The Morgan fingerprint density at radius 2 is 1.87 bits per heavy atom. The van der Waals surface area contributed by atoms with Gasteiger partial charge in [-0.25, -0.2) is 4.79 Å². The van der Waals surface area contributed by atoms with Gasteiger partial charge in [0.2, 0.25) is 0 Å². The molecule has 2 atom stereocenters. The molecule has 0 saturated carbocycles. The van der Waals surface area contributed by atoms with Crippen LogP contribution in [0.15, 0.2) is 12.1 Å². The summed E-state index contributed by atoms with van der Waals surface area (Å²) >= 11 is 5.35. The van der Waals surface area contributed by atoms with Crippen molar-refractivity contribution in [1.29, 1.82) is 0 Å². The standard InChI is InChI=1S/C16H19NO5S/c1-8(18)3-4-15(23)17-9(2)11-7-14(20)13(19)6-10(11)5-12(17)16(21)22/h6-7,9,12,19-20H,3-5H2,1-2H3,(H,21,22)/t9-,12-/m0/s1. The van der Waals surface area contributed by atoms with Crippen LogP contribution in [0.2, 0.25) is 0 Å². The van der Waals surface area contributed by atoms with Gasteiger partial charge in [0, 0.05) is 19.3 Å². The number of carbonyl (C=O) groups excluding carboxylic acids is 1. The highest BCUT2D eigenvalue weighted by Gasteiger charge is 2.37. The van der Waals surface area contributed by atoms with Crippen LogP contribution in [0.4, 0.5) is 0 Å². The molecular formula is C16H19NO5S. The minimum Gasteiger partial charge on any atom is -0.504 e. The molecule has 3 N–H and O–H groups in total. The van der Waals surface area contributed by atoms with Crippen LogP contribution in [0.25, 0.3) is 0 Å². The topological polar surface area (TPSA) is 98.1 Å². The van der Waals surface area contributed by atoms with Crippen molar-refractivity contribution in [1.82, 2.24) is 4.90 Å². The lowest BCUT2D eigenvalue weighted by atomic mass is 9.88. The van der Waals surface area contributed by atoms with Gasteiger partial charge < -0.3 is 25.0 Å². The van der Waals surface area contributed by atoms with E-state index in [0.717, 1.165) is 5.56 Å². The molecule has 2 rings (SSSR count). The van der Waals surface area contributed by atoms with Crippen molar-refractivity contribution < 1.29 is 24.9 Å². The molecule has 7 heteroatoms. The zero-order valence-corrected chi connectivity index (χ0v) is 13.8. The summed E-state index contributed by atoms with van der Waals surface area (Å²) in [6.07, 6.45) is 0.753. The number of fused-ring (bicyclic) bond motifs is 1. The van der Waals surface area contributed by atoms with E-state index < -0.39 is 12.0 Å². The molecule has 0 unspecified atom stereocenters. The number of nitrogens with zero attached hydrogens (tertiary/aromatic N) is 1. The average molecular weight is 337 g/mol. The van der Waals surface area contributed by atoms with Crippen molar-refractivity contribution >= 4 is 29.0 Å². The molecule has 1 aliphatic rings. The molecule has 0 radical (unpaired) electrons. The van der Waals surface area contributed by atoms with Gasteiger partial charge in [-0.05, 0) is 37.1 Å². The Bertz CT molecular complexity index is 673. The zero-order valence-electron chi connectivity index (χ0n) is 12.9. The van der Waals surface area contributed by atoms with Crippen LogP contribution in [-0.4, -0.2) is 43.0 Å². The highest BCUT2D eigenvalue weighted by molar-refractivity contribution is 7.80. The first-order valence-electron chi connectivity index (χ1n) is 7.30. The Hall–Kier alpha value is -2.15. The number of benzene rings is 1. The number of hydrogen-bond acceptors (Lipinski definition) is 5. The number of carboxylic acids is 1. The Labute approximate surface area is 139 Å². The number of phenolic OH excluding ortho intramolecular Hbond substituents is 2. The number of rotatable bonds is 4. The summed E-state index contributed by atoms with van der Waals surface area (Å²) in [6, 6.07) is 1.60. The average Bonchev–Trinajstić information content (AvgIpc) is 2.46. The van der Waals surface area contributed by atoms with Crippen LogP contribution in [0.5, 0.6) is 11.5 Å². The molecule has 1 heterocycles.